The number of para-hydroxylation sites is 1. The van der Waals surface area contributed by atoms with E-state index in [0.717, 1.165) is 0 Å². The van der Waals surface area contributed by atoms with Gasteiger partial charge in [0.1, 0.15) is 16.2 Å². The Kier molecular flexibility index (Phi) is 6.07. The first kappa shape index (κ1) is 23.3. The number of hydrogen-bond donors (Lipinski definition) is 2. The third-order valence-corrected chi connectivity index (χ3v) is 7.76. The average Bonchev–Trinajstić information content (AvgIpc) is 2.80. The van der Waals surface area contributed by atoms with Crippen LogP contribution in [0, 0.1) is 6.92 Å². The van der Waals surface area contributed by atoms with Crippen molar-refractivity contribution >= 4 is 42.4 Å². The molecule has 0 saturated heterocycles. The van der Waals surface area contributed by atoms with Crippen LogP contribution in [0.2, 0.25) is 0 Å². The number of aryl methyl sites for hydroxylation is 1. The molecule has 176 valence electrons. The molecule has 0 saturated carbocycles. The van der Waals surface area contributed by atoms with Crippen LogP contribution < -0.4 is 19.8 Å². The zero-order valence-electron chi connectivity index (χ0n) is 18.1. The third-order valence-electron chi connectivity index (χ3n) is 5.00. The maximum absolute atomic E-state index is 13.1. The molecule has 11 heteroatoms. The van der Waals surface area contributed by atoms with Crippen LogP contribution in [0.5, 0.6) is 5.75 Å². The highest BCUT2D eigenvalue weighted by molar-refractivity contribution is 7.93. The topological polar surface area (TPSA) is 132 Å². The molecular weight excluding hydrogens is 480 g/mol. The molecule has 0 spiro atoms. The Morgan fingerprint density at radius 1 is 0.824 bits per heavy atom. The molecule has 0 atom stereocenters. The first-order valence-electron chi connectivity index (χ1n) is 9.92. The van der Waals surface area contributed by atoms with Crippen molar-refractivity contribution in [2.45, 2.75) is 16.7 Å². The van der Waals surface area contributed by atoms with Crippen LogP contribution in [-0.4, -0.2) is 23.9 Å². The minimum atomic E-state index is -4.11. The summed E-state index contributed by atoms with van der Waals surface area (Å²) in [6.45, 7) is 1.76. The fraction of sp³-hybridized carbons (Fsp3) is 0.0870. The van der Waals surface area contributed by atoms with Crippen molar-refractivity contribution in [3.8, 4) is 5.75 Å². The van der Waals surface area contributed by atoms with Crippen molar-refractivity contribution in [2.75, 3.05) is 16.6 Å². The molecule has 9 nitrogen and oxygen atoms in total. The number of methoxy groups -OCH3 is 1. The molecule has 0 aliphatic rings. The first-order valence-corrected chi connectivity index (χ1v) is 12.9. The van der Waals surface area contributed by atoms with E-state index in [1.165, 1.54) is 55.6 Å². The van der Waals surface area contributed by atoms with Gasteiger partial charge >= 0.3 is 5.63 Å². The summed E-state index contributed by atoms with van der Waals surface area (Å²) < 4.78 is 67.2. The maximum Gasteiger partial charge on any atom is 0.336 e. The molecule has 0 unspecified atom stereocenters. The van der Waals surface area contributed by atoms with Crippen molar-refractivity contribution in [3.63, 3.8) is 0 Å². The SMILES string of the molecule is COc1ccc(NS(=O)(=O)c2ccc3oc(=O)ccc3c2)cc1S(=O)(=O)Nc1ccccc1C. The standard InChI is InChI=1S/C23H20N2O7S2/c1-15-5-3-4-6-19(15)25-34(29,30)22-14-17(8-10-21(22)31-2)24-33(27,28)18-9-11-20-16(13-18)7-12-23(26)32-20/h3-14,24-25H,1-2H3. The van der Waals surface area contributed by atoms with Gasteiger partial charge in [-0.15, -0.1) is 0 Å². The molecular formula is C23H20N2O7S2. The van der Waals surface area contributed by atoms with E-state index in [1.54, 1.807) is 31.2 Å². The highest BCUT2D eigenvalue weighted by Gasteiger charge is 2.23. The molecule has 0 radical (unpaired) electrons. The van der Waals surface area contributed by atoms with E-state index < -0.39 is 25.7 Å². The lowest BCUT2D eigenvalue weighted by Crippen LogP contribution is -2.17. The van der Waals surface area contributed by atoms with Gasteiger partial charge in [-0.2, -0.15) is 0 Å². The number of rotatable bonds is 7. The van der Waals surface area contributed by atoms with Gasteiger partial charge in [0.2, 0.25) is 0 Å². The smallest absolute Gasteiger partial charge is 0.336 e. The largest absolute Gasteiger partial charge is 0.495 e. The van der Waals surface area contributed by atoms with Gasteiger partial charge in [0.15, 0.2) is 0 Å². The molecule has 2 N–H and O–H groups in total. The number of benzene rings is 3. The zero-order chi connectivity index (χ0) is 24.5. The summed E-state index contributed by atoms with van der Waals surface area (Å²) in [5.41, 5.74) is 0.817. The van der Waals surface area contributed by atoms with Gasteiger partial charge in [-0.05, 0) is 61.0 Å². The van der Waals surface area contributed by atoms with Crippen LogP contribution in [0.4, 0.5) is 11.4 Å². The normalized spacial score (nSPS) is 11.8. The summed E-state index contributed by atoms with van der Waals surface area (Å²) in [5, 5.41) is 0.419. The summed E-state index contributed by atoms with van der Waals surface area (Å²) in [7, 11) is -6.88. The number of hydrogen-bond acceptors (Lipinski definition) is 7. The Bertz CT molecular complexity index is 1660. The van der Waals surface area contributed by atoms with Crippen LogP contribution >= 0.6 is 0 Å². The molecule has 0 aliphatic heterocycles. The van der Waals surface area contributed by atoms with Crippen molar-refractivity contribution in [3.05, 3.63) is 88.8 Å². The molecule has 3 aromatic carbocycles. The summed E-state index contributed by atoms with van der Waals surface area (Å²) in [6.07, 6.45) is 0. The summed E-state index contributed by atoms with van der Waals surface area (Å²) in [6, 6.07) is 17.4. The van der Waals surface area contributed by atoms with Crippen LogP contribution in [-0.2, 0) is 20.0 Å². The number of sulfonamides is 2. The second kappa shape index (κ2) is 8.84. The van der Waals surface area contributed by atoms with E-state index in [0.29, 0.717) is 16.6 Å². The maximum atomic E-state index is 13.1. The summed E-state index contributed by atoms with van der Waals surface area (Å²) in [5.74, 6) is 0.0461. The van der Waals surface area contributed by atoms with E-state index in [-0.39, 0.29) is 26.8 Å². The van der Waals surface area contributed by atoms with Gasteiger partial charge in [-0.3, -0.25) is 9.44 Å². The van der Waals surface area contributed by atoms with Crippen LogP contribution in [0.25, 0.3) is 11.0 Å². The summed E-state index contributed by atoms with van der Waals surface area (Å²) >= 11 is 0. The minimum absolute atomic E-state index is 0.0191. The van der Waals surface area contributed by atoms with Crippen LogP contribution in [0.15, 0.2) is 91.8 Å². The predicted octanol–water partition coefficient (Wildman–Crippen LogP) is 3.71. The van der Waals surface area contributed by atoms with Gasteiger partial charge in [-0.25, -0.2) is 21.6 Å². The first-order chi connectivity index (χ1) is 16.1. The molecule has 0 amide bonds. The monoisotopic (exact) mass is 500 g/mol. The summed E-state index contributed by atoms with van der Waals surface area (Å²) in [4.78, 5) is 11.0. The number of fused-ring (bicyclic) bond motifs is 1. The highest BCUT2D eigenvalue weighted by Crippen LogP contribution is 2.31. The molecule has 0 fully saturated rings. The fourth-order valence-corrected chi connectivity index (χ4v) is 5.68. The molecule has 0 bridgehead atoms. The van der Waals surface area contributed by atoms with Gasteiger partial charge in [0.25, 0.3) is 20.0 Å². The number of ether oxygens (including phenoxy) is 1. The highest BCUT2D eigenvalue weighted by atomic mass is 32.2. The van der Waals surface area contributed by atoms with Gasteiger partial charge in [0, 0.05) is 11.5 Å². The van der Waals surface area contributed by atoms with Gasteiger partial charge in [0.05, 0.1) is 23.4 Å². The van der Waals surface area contributed by atoms with E-state index in [2.05, 4.69) is 9.44 Å². The van der Waals surface area contributed by atoms with Crippen LogP contribution in [0.3, 0.4) is 0 Å². The lowest BCUT2D eigenvalue weighted by Gasteiger charge is -2.15. The average molecular weight is 501 g/mol. The molecule has 34 heavy (non-hydrogen) atoms. The molecule has 1 heterocycles. The van der Waals surface area contributed by atoms with E-state index in [9.17, 15) is 21.6 Å². The lowest BCUT2D eigenvalue weighted by molar-refractivity contribution is 0.403. The zero-order valence-corrected chi connectivity index (χ0v) is 19.7. The Hall–Kier alpha value is -3.83. The Balaban J connectivity index is 1.69. The third kappa shape index (κ3) is 4.75. The molecule has 1 aromatic heterocycles. The lowest BCUT2D eigenvalue weighted by atomic mass is 10.2. The minimum Gasteiger partial charge on any atom is -0.495 e. The van der Waals surface area contributed by atoms with Crippen molar-refractivity contribution < 1.29 is 26.0 Å². The second-order valence-electron chi connectivity index (χ2n) is 7.35. The van der Waals surface area contributed by atoms with E-state index >= 15 is 0 Å². The van der Waals surface area contributed by atoms with Crippen molar-refractivity contribution in [2.24, 2.45) is 0 Å². The molecule has 0 aliphatic carbocycles. The Morgan fingerprint density at radius 3 is 2.32 bits per heavy atom. The van der Waals surface area contributed by atoms with E-state index in [4.69, 9.17) is 9.15 Å². The van der Waals surface area contributed by atoms with Crippen LogP contribution in [0.1, 0.15) is 5.56 Å². The second-order valence-corrected chi connectivity index (χ2v) is 10.7. The predicted molar refractivity (Wildman–Crippen MR) is 128 cm³/mol. The van der Waals surface area contributed by atoms with Crippen molar-refractivity contribution in [1.82, 2.24) is 0 Å². The molecule has 4 rings (SSSR count). The van der Waals surface area contributed by atoms with Crippen molar-refractivity contribution in [1.29, 1.82) is 0 Å². The number of anilines is 2. The van der Waals surface area contributed by atoms with Gasteiger partial charge < -0.3 is 9.15 Å². The van der Waals surface area contributed by atoms with Gasteiger partial charge in [-0.1, -0.05) is 18.2 Å². The van der Waals surface area contributed by atoms with E-state index in [1.807, 2.05) is 0 Å². The number of nitrogens with one attached hydrogen (secondary N) is 2. The fourth-order valence-electron chi connectivity index (χ4n) is 3.27. The Labute approximate surface area is 196 Å². The Morgan fingerprint density at radius 2 is 1.59 bits per heavy atom. The quantitative estimate of drug-likeness (QED) is 0.370. The molecule has 4 aromatic rings.